The molecule has 0 spiro atoms. The van der Waals surface area contributed by atoms with E-state index >= 15 is 0 Å². The van der Waals surface area contributed by atoms with Gasteiger partial charge in [0, 0.05) is 38.5 Å². The topological polar surface area (TPSA) is 50.9 Å². The average molecular weight is 946 g/mol. The van der Waals surface area contributed by atoms with Crippen LogP contribution in [0.2, 0.25) is 0 Å². The van der Waals surface area contributed by atoms with E-state index in [0.29, 0.717) is 11.4 Å². The van der Waals surface area contributed by atoms with Crippen molar-refractivity contribution in [3.05, 3.63) is 193 Å². The van der Waals surface area contributed by atoms with E-state index < -0.39 is 0 Å². The molecule has 292 valence electrons. The Morgan fingerprint density at radius 1 is 0.559 bits per heavy atom. The third-order valence-electron chi connectivity index (χ3n) is 11.0. The first kappa shape index (κ1) is 39.5. The molecule has 0 saturated carbocycles. The number of benzene rings is 7. The Bertz CT molecular complexity index is 2950. The van der Waals surface area contributed by atoms with Crippen molar-refractivity contribution in [1.82, 2.24) is 14.5 Å². The summed E-state index contributed by atoms with van der Waals surface area (Å²) in [5, 5.41) is 11.9. The first-order chi connectivity index (χ1) is 28.1. The summed E-state index contributed by atoms with van der Waals surface area (Å²) < 4.78 is 2.23. The van der Waals surface area contributed by atoms with Gasteiger partial charge < -0.3 is 5.11 Å². The smallest absolute Gasteiger partial charge is 0.148 e. The van der Waals surface area contributed by atoms with Crippen molar-refractivity contribution in [2.45, 2.75) is 40.0 Å². The summed E-state index contributed by atoms with van der Waals surface area (Å²) in [6.07, 6.45) is 1.88. The maximum absolute atomic E-state index is 11.9. The van der Waals surface area contributed by atoms with Crippen molar-refractivity contribution in [3.63, 3.8) is 0 Å². The quantitative estimate of drug-likeness (QED) is 0.162. The molecule has 1 N–H and O–H groups in total. The number of aromatic nitrogens is 3. The Morgan fingerprint density at radius 3 is 1.88 bits per heavy atom. The molecule has 0 radical (unpaired) electrons. The van der Waals surface area contributed by atoms with E-state index in [2.05, 4.69) is 184 Å². The summed E-state index contributed by atoms with van der Waals surface area (Å²) in [7, 11) is 0. The minimum absolute atomic E-state index is 0. The Labute approximate surface area is 361 Å². The Hall–Kier alpha value is -6.35. The molecule has 0 atom stereocenters. The number of nitrogens with zero attached hydrogens (tertiary/aromatic N) is 3. The van der Waals surface area contributed by atoms with Crippen molar-refractivity contribution in [2.75, 3.05) is 0 Å². The number of hydrogen-bond donors (Lipinski definition) is 1. The van der Waals surface area contributed by atoms with Gasteiger partial charge in [0.1, 0.15) is 11.6 Å². The van der Waals surface area contributed by atoms with Gasteiger partial charge >= 0.3 is 0 Å². The van der Waals surface area contributed by atoms with Gasteiger partial charge in [0.15, 0.2) is 0 Å². The van der Waals surface area contributed by atoms with E-state index in [0.717, 1.165) is 89.2 Å². The molecule has 0 aliphatic carbocycles. The molecule has 4 nitrogen and oxygen atoms in total. The van der Waals surface area contributed by atoms with Crippen LogP contribution in [-0.2, 0) is 26.5 Å². The number of phenolic OH excluding ortho intramolecular Hbond substituents is 1. The first-order valence-electron chi connectivity index (χ1n) is 19.8. The predicted molar refractivity (Wildman–Crippen MR) is 240 cm³/mol. The van der Waals surface area contributed by atoms with Gasteiger partial charge in [-0.05, 0) is 83.0 Å². The molecule has 7 aromatic carbocycles. The minimum atomic E-state index is -0.149. The van der Waals surface area contributed by atoms with E-state index in [1.807, 2.05) is 31.3 Å². The van der Waals surface area contributed by atoms with Crippen LogP contribution in [-0.4, -0.2) is 19.6 Å². The number of phenols is 1. The Morgan fingerprint density at radius 2 is 1.20 bits per heavy atom. The fraction of sp³-hybridized carbons (Fsp3) is 0.111. The van der Waals surface area contributed by atoms with Crippen molar-refractivity contribution in [3.8, 4) is 78.6 Å². The number of aromatic hydroxyl groups is 1. The zero-order valence-corrected chi connectivity index (χ0v) is 36.0. The first-order valence-corrected chi connectivity index (χ1v) is 19.8. The Kier molecular flexibility index (Phi) is 10.8. The van der Waals surface area contributed by atoms with E-state index in [4.69, 9.17) is 9.97 Å². The second-order valence-corrected chi connectivity index (χ2v) is 16.1. The zero-order valence-electron chi connectivity index (χ0n) is 33.8. The maximum atomic E-state index is 11.9. The third kappa shape index (κ3) is 7.69. The number of pyridine rings is 1. The van der Waals surface area contributed by atoms with Crippen LogP contribution in [0.5, 0.6) is 5.75 Å². The number of hydrogen-bond acceptors (Lipinski definition) is 3. The largest absolute Gasteiger partial charge is 0.507 e. The van der Waals surface area contributed by atoms with Gasteiger partial charge in [0.05, 0.1) is 22.3 Å². The number of imidazole rings is 1. The molecule has 0 amide bonds. The van der Waals surface area contributed by atoms with Gasteiger partial charge in [-0.2, -0.15) is 0 Å². The number of rotatable bonds is 7. The standard InChI is InChI=1S/C54H44N3O.Pt/c1-35-24-25-49(46(28-35)39-20-13-8-14-21-39)57-50-23-15-22-45(51(50)56-53(57)47-34-44(54(3,4)5)29-36(2)52(47)58)42-30-41(38-18-11-7-12-19-38)31-43(32-42)48-33-40(26-27-55-48)37-16-9-6-10-17-37;/h6-31,33-34,58H,1-5H3;/q-1;. The van der Waals surface area contributed by atoms with Gasteiger partial charge in [-0.3, -0.25) is 9.55 Å². The number of para-hydroxylation sites is 1. The van der Waals surface area contributed by atoms with E-state index in [1.54, 1.807) is 0 Å². The van der Waals surface area contributed by atoms with Crippen LogP contribution >= 0.6 is 0 Å². The molecule has 59 heavy (non-hydrogen) atoms. The molecule has 0 fully saturated rings. The van der Waals surface area contributed by atoms with Crippen LogP contribution in [0.1, 0.15) is 37.5 Å². The summed E-state index contributed by atoms with van der Waals surface area (Å²) in [6, 6.07) is 60.9. The zero-order chi connectivity index (χ0) is 40.0. The number of aryl methyl sites for hydroxylation is 2. The molecule has 0 aliphatic heterocycles. The second kappa shape index (κ2) is 16.1. The van der Waals surface area contributed by atoms with Crippen LogP contribution in [0.25, 0.3) is 83.9 Å². The molecule has 5 heteroatoms. The summed E-state index contributed by atoms with van der Waals surface area (Å²) >= 11 is 0. The van der Waals surface area contributed by atoms with Crippen molar-refractivity contribution in [1.29, 1.82) is 0 Å². The summed E-state index contributed by atoms with van der Waals surface area (Å²) in [4.78, 5) is 10.4. The van der Waals surface area contributed by atoms with Crippen LogP contribution in [0.15, 0.2) is 170 Å². The minimum Gasteiger partial charge on any atom is -0.507 e. The van der Waals surface area contributed by atoms with Gasteiger partial charge in [-0.15, -0.1) is 23.8 Å². The fourth-order valence-electron chi connectivity index (χ4n) is 7.86. The van der Waals surface area contributed by atoms with Gasteiger partial charge in [0.2, 0.25) is 0 Å². The third-order valence-corrected chi connectivity index (χ3v) is 11.0. The molecule has 0 aliphatic rings. The maximum Gasteiger partial charge on any atom is 0.148 e. The average Bonchev–Trinajstić information content (AvgIpc) is 3.64. The predicted octanol–water partition coefficient (Wildman–Crippen LogP) is 13.8. The van der Waals surface area contributed by atoms with E-state index in [-0.39, 0.29) is 32.2 Å². The fourth-order valence-corrected chi connectivity index (χ4v) is 7.86. The molecule has 2 heterocycles. The second-order valence-electron chi connectivity index (χ2n) is 16.1. The van der Waals surface area contributed by atoms with Crippen LogP contribution in [0.4, 0.5) is 0 Å². The SMILES string of the molecule is Cc1ccc(-n2c(-c3cc(C(C)(C)C)cc(C)c3O)nc3c(-c4[c-]c(-c5cc(-c6ccccc6)ccn5)cc(-c5ccccc5)c4)cccc32)c(-c2ccccc2)c1.[Pt]. The Balaban J connectivity index is 0.00000484. The monoisotopic (exact) mass is 945 g/mol. The van der Waals surface area contributed by atoms with Crippen LogP contribution < -0.4 is 0 Å². The van der Waals surface area contributed by atoms with E-state index in [9.17, 15) is 5.11 Å². The molecule has 0 unspecified atom stereocenters. The molecule has 0 saturated heterocycles. The van der Waals surface area contributed by atoms with Gasteiger partial charge in [-0.1, -0.05) is 164 Å². The van der Waals surface area contributed by atoms with Crippen molar-refractivity contribution in [2.24, 2.45) is 0 Å². The molecule has 9 aromatic rings. The van der Waals surface area contributed by atoms with Crippen LogP contribution in [0.3, 0.4) is 0 Å². The number of fused-ring (bicyclic) bond motifs is 1. The molecular weight excluding hydrogens is 902 g/mol. The van der Waals surface area contributed by atoms with Gasteiger partial charge in [0.25, 0.3) is 0 Å². The summed E-state index contributed by atoms with van der Waals surface area (Å²) in [6.45, 7) is 10.7. The van der Waals surface area contributed by atoms with Crippen LogP contribution in [0, 0.1) is 19.9 Å². The normalized spacial score (nSPS) is 11.4. The molecule has 0 bridgehead atoms. The molecule has 2 aromatic heterocycles. The molecular formula is C54H44N3OPt-. The van der Waals surface area contributed by atoms with Crippen molar-refractivity contribution >= 4 is 11.0 Å². The van der Waals surface area contributed by atoms with Gasteiger partial charge in [-0.25, -0.2) is 4.98 Å². The molecule has 9 rings (SSSR count). The summed E-state index contributed by atoms with van der Waals surface area (Å²) in [5.41, 5.74) is 16.5. The van der Waals surface area contributed by atoms with E-state index in [1.165, 1.54) is 0 Å². The van der Waals surface area contributed by atoms with Crippen molar-refractivity contribution < 1.29 is 26.2 Å². The summed E-state index contributed by atoms with van der Waals surface area (Å²) in [5.74, 6) is 0.899.